The molecule has 1 heterocycles. The molecule has 26 heavy (non-hydrogen) atoms. The van der Waals surface area contributed by atoms with Gasteiger partial charge in [-0.1, -0.05) is 28.1 Å². The fraction of sp³-hybridized carbons (Fsp3) is 0.111. The standard InChI is InChI=1S/C18H14BrNO5S/c1-24-14-6-4-3-5-12(14)20-17(22)16(26-18(20)23)8-10-7-15(25-2)13(21)9-11(10)19/h3-9,21H,1-2H3. The van der Waals surface area contributed by atoms with Crippen LogP contribution in [0.5, 0.6) is 17.2 Å². The summed E-state index contributed by atoms with van der Waals surface area (Å²) in [5.74, 6) is 0.231. The molecular formula is C18H14BrNO5S. The summed E-state index contributed by atoms with van der Waals surface area (Å²) in [7, 11) is 2.91. The average Bonchev–Trinajstić information content (AvgIpc) is 2.90. The van der Waals surface area contributed by atoms with Gasteiger partial charge in [-0.3, -0.25) is 9.59 Å². The fourth-order valence-electron chi connectivity index (χ4n) is 2.46. The zero-order valence-corrected chi connectivity index (χ0v) is 16.3. The first-order valence-electron chi connectivity index (χ1n) is 7.43. The molecule has 1 saturated heterocycles. The highest BCUT2D eigenvalue weighted by atomic mass is 79.9. The van der Waals surface area contributed by atoms with Crippen molar-refractivity contribution in [3.63, 3.8) is 0 Å². The van der Waals surface area contributed by atoms with Crippen molar-refractivity contribution in [2.24, 2.45) is 0 Å². The van der Waals surface area contributed by atoms with Gasteiger partial charge in [0, 0.05) is 4.47 Å². The number of thioether (sulfide) groups is 1. The lowest BCUT2D eigenvalue weighted by atomic mass is 10.1. The second kappa shape index (κ2) is 7.43. The van der Waals surface area contributed by atoms with Crippen LogP contribution < -0.4 is 14.4 Å². The Labute approximate surface area is 162 Å². The van der Waals surface area contributed by atoms with E-state index < -0.39 is 11.1 Å². The van der Waals surface area contributed by atoms with Crippen LogP contribution in [0.3, 0.4) is 0 Å². The lowest BCUT2D eigenvalue weighted by Gasteiger charge is -2.15. The van der Waals surface area contributed by atoms with Gasteiger partial charge >= 0.3 is 0 Å². The lowest BCUT2D eigenvalue weighted by Crippen LogP contribution is -2.28. The average molecular weight is 436 g/mol. The summed E-state index contributed by atoms with van der Waals surface area (Å²) >= 11 is 4.17. The van der Waals surface area contributed by atoms with Crippen LogP contribution in [0.2, 0.25) is 0 Å². The minimum atomic E-state index is -0.441. The number of para-hydroxylation sites is 2. The van der Waals surface area contributed by atoms with E-state index >= 15 is 0 Å². The Kier molecular flexibility index (Phi) is 5.24. The maximum Gasteiger partial charge on any atom is 0.298 e. The van der Waals surface area contributed by atoms with Gasteiger partial charge in [-0.05, 0) is 47.7 Å². The number of halogens is 1. The van der Waals surface area contributed by atoms with Gasteiger partial charge < -0.3 is 14.6 Å². The Bertz CT molecular complexity index is 928. The highest BCUT2D eigenvalue weighted by Crippen LogP contribution is 2.41. The molecular weight excluding hydrogens is 422 g/mol. The molecule has 0 radical (unpaired) electrons. The molecule has 0 saturated carbocycles. The molecule has 0 unspecified atom stereocenters. The molecule has 2 aromatic rings. The molecule has 6 nitrogen and oxygen atoms in total. The molecule has 1 fully saturated rings. The number of carbonyl (C=O) groups is 2. The summed E-state index contributed by atoms with van der Waals surface area (Å²) in [5, 5.41) is 9.39. The Morgan fingerprint density at radius 3 is 2.50 bits per heavy atom. The molecule has 0 aliphatic carbocycles. The van der Waals surface area contributed by atoms with Crippen molar-refractivity contribution in [1.29, 1.82) is 0 Å². The third-order valence-electron chi connectivity index (χ3n) is 3.70. The van der Waals surface area contributed by atoms with E-state index in [1.54, 1.807) is 36.4 Å². The molecule has 1 aliphatic heterocycles. The first kappa shape index (κ1) is 18.3. The van der Waals surface area contributed by atoms with Crippen LogP contribution in [0.1, 0.15) is 5.56 Å². The number of benzene rings is 2. The maximum absolute atomic E-state index is 12.8. The van der Waals surface area contributed by atoms with E-state index in [9.17, 15) is 14.7 Å². The second-order valence-electron chi connectivity index (χ2n) is 5.23. The number of imide groups is 1. The zero-order chi connectivity index (χ0) is 18.8. The van der Waals surface area contributed by atoms with Crippen LogP contribution in [-0.2, 0) is 4.79 Å². The van der Waals surface area contributed by atoms with Crippen molar-refractivity contribution in [1.82, 2.24) is 0 Å². The van der Waals surface area contributed by atoms with Gasteiger partial charge in [0.25, 0.3) is 11.1 Å². The molecule has 0 spiro atoms. The molecule has 3 rings (SSSR count). The van der Waals surface area contributed by atoms with E-state index in [2.05, 4.69) is 15.9 Å². The second-order valence-corrected chi connectivity index (χ2v) is 7.08. The number of phenolic OH excluding ortho intramolecular Hbond substituents is 1. The predicted octanol–water partition coefficient (Wildman–Crippen LogP) is 4.41. The van der Waals surface area contributed by atoms with Gasteiger partial charge in [-0.2, -0.15) is 0 Å². The van der Waals surface area contributed by atoms with E-state index in [1.807, 2.05) is 0 Å². The molecule has 1 N–H and O–H groups in total. The van der Waals surface area contributed by atoms with Crippen LogP contribution in [-0.4, -0.2) is 30.5 Å². The number of amides is 2. The van der Waals surface area contributed by atoms with Gasteiger partial charge in [0.05, 0.1) is 24.8 Å². The molecule has 2 amide bonds. The Balaban J connectivity index is 2.01. The Morgan fingerprint density at radius 1 is 1.12 bits per heavy atom. The van der Waals surface area contributed by atoms with Gasteiger partial charge in [0.2, 0.25) is 0 Å². The number of hydrogen-bond donors (Lipinski definition) is 1. The third-order valence-corrected chi connectivity index (χ3v) is 5.26. The molecule has 8 heteroatoms. The van der Waals surface area contributed by atoms with Crippen LogP contribution in [0.4, 0.5) is 10.5 Å². The molecule has 0 aromatic heterocycles. The molecule has 0 bridgehead atoms. The highest BCUT2D eigenvalue weighted by molar-refractivity contribution is 9.10. The van der Waals surface area contributed by atoms with Crippen LogP contribution in [0.15, 0.2) is 45.8 Å². The molecule has 1 aliphatic rings. The number of ether oxygens (including phenoxy) is 2. The quantitative estimate of drug-likeness (QED) is 0.716. The van der Waals surface area contributed by atoms with Crippen LogP contribution in [0.25, 0.3) is 6.08 Å². The predicted molar refractivity (Wildman–Crippen MR) is 104 cm³/mol. The van der Waals surface area contributed by atoms with Gasteiger partial charge in [-0.15, -0.1) is 0 Å². The minimum Gasteiger partial charge on any atom is -0.504 e. The summed E-state index contributed by atoms with van der Waals surface area (Å²) in [4.78, 5) is 26.5. The normalized spacial score (nSPS) is 15.7. The molecule has 0 atom stereocenters. The van der Waals surface area contributed by atoms with E-state index in [-0.39, 0.29) is 16.4 Å². The number of hydrogen-bond acceptors (Lipinski definition) is 6. The monoisotopic (exact) mass is 435 g/mol. The largest absolute Gasteiger partial charge is 0.504 e. The van der Waals surface area contributed by atoms with Crippen LogP contribution >= 0.6 is 27.7 Å². The summed E-state index contributed by atoms with van der Waals surface area (Å²) in [6.07, 6.45) is 1.58. The SMILES string of the molecule is COc1cc(C=C2SC(=O)N(c3ccccc3OC)C2=O)c(Br)cc1O. The topological polar surface area (TPSA) is 76.1 Å². The van der Waals surface area contributed by atoms with Gasteiger partial charge in [-0.25, -0.2) is 4.90 Å². The molecule has 2 aromatic carbocycles. The lowest BCUT2D eigenvalue weighted by molar-refractivity contribution is -0.113. The van der Waals surface area contributed by atoms with Crippen molar-refractivity contribution < 1.29 is 24.2 Å². The smallest absolute Gasteiger partial charge is 0.298 e. The van der Waals surface area contributed by atoms with Gasteiger partial charge in [0.1, 0.15) is 5.75 Å². The van der Waals surface area contributed by atoms with E-state index in [4.69, 9.17) is 9.47 Å². The number of carbonyl (C=O) groups excluding carboxylic acids is 2. The van der Waals surface area contributed by atoms with Crippen molar-refractivity contribution >= 4 is 50.6 Å². The maximum atomic E-state index is 12.8. The Morgan fingerprint density at radius 2 is 1.81 bits per heavy atom. The number of rotatable bonds is 4. The summed E-state index contributed by atoms with van der Waals surface area (Å²) < 4.78 is 10.9. The van der Waals surface area contributed by atoms with Crippen LogP contribution in [0, 0.1) is 0 Å². The highest BCUT2D eigenvalue weighted by Gasteiger charge is 2.37. The van der Waals surface area contributed by atoms with E-state index in [1.165, 1.54) is 20.3 Å². The first-order valence-corrected chi connectivity index (χ1v) is 9.04. The van der Waals surface area contributed by atoms with E-state index in [0.29, 0.717) is 21.5 Å². The fourth-order valence-corrected chi connectivity index (χ4v) is 3.73. The van der Waals surface area contributed by atoms with Crippen molar-refractivity contribution in [2.45, 2.75) is 0 Å². The molecule has 134 valence electrons. The van der Waals surface area contributed by atoms with Gasteiger partial charge in [0.15, 0.2) is 11.5 Å². The number of aromatic hydroxyl groups is 1. The van der Waals surface area contributed by atoms with Crippen molar-refractivity contribution in [2.75, 3.05) is 19.1 Å². The zero-order valence-electron chi connectivity index (χ0n) is 13.9. The van der Waals surface area contributed by atoms with Crippen molar-refractivity contribution in [3.8, 4) is 17.2 Å². The first-order chi connectivity index (χ1) is 12.5. The third kappa shape index (κ3) is 3.30. The minimum absolute atomic E-state index is 0.0290. The van der Waals surface area contributed by atoms with Crippen molar-refractivity contribution in [3.05, 3.63) is 51.3 Å². The summed E-state index contributed by atoms with van der Waals surface area (Å²) in [6.45, 7) is 0. The number of anilines is 1. The summed E-state index contributed by atoms with van der Waals surface area (Å²) in [5.41, 5.74) is 0.994. The number of nitrogens with zero attached hydrogens (tertiary/aromatic N) is 1. The van der Waals surface area contributed by atoms with E-state index in [0.717, 1.165) is 16.7 Å². The number of phenols is 1. The Hall–Kier alpha value is -2.45. The number of methoxy groups -OCH3 is 2. The summed E-state index contributed by atoms with van der Waals surface area (Å²) in [6, 6.07) is 9.87.